The largest absolute Gasteiger partial charge is 0.354 e. The predicted molar refractivity (Wildman–Crippen MR) is 126 cm³/mol. The summed E-state index contributed by atoms with van der Waals surface area (Å²) in [6, 6.07) is 12.6. The van der Waals surface area contributed by atoms with E-state index in [1.54, 1.807) is 37.4 Å². The molecule has 1 aromatic carbocycles. The van der Waals surface area contributed by atoms with Crippen molar-refractivity contribution >= 4 is 32.7 Å². The monoisotopic (exact) mass is 470 g/mol. The number of benzene rings is 1. The van der Waals surface area contributed by atoms with Crippen LogP contribution < -0.4 is 15.8 Å². The number of nitrogens with zero attached hydrogens (tertiary/aromatic N) is 5. The molecule has 2 aromatic heterocycles. The van der Waals surface area contributed by atoms with Crippen LogP contribution in [0.25, 0.3) is 10.9 Å². The van der Waals surface area contributed by atoms with Crippen LogP contribution in [0.5, 0.6) is 0 Å². The molecule has 0 saturated carbocycles. The molecule has 1 saturated heterocycles. The van der Waals surface area contributed by atoms with Crippen LogP contribution in [0.4, 0.5) is 5.82 Å². The summed E-state index contributed by atoms with van der Waals surface area (Å²) in [5.41, 5.74) is 0.276. The Hall–Kier alpha value is -3.31. The van der Waals surface area contributed by atoms with E-state index in [-0.39, 0.29) is 24.4 Å². The fourth-order valence-corrected chi connectivity index (χ4v) is 5.19. The molecule has 0 atom stereocenters. The molecular weight excluding hydrogens is 444 g/mol. The van der Waals surface area contributed by atoms with Crippen LogP contribution in [-0.2, 0) is 21.4 Å². The first kappa shape index (κ1) is 22.9. The molecule has 10 nitrogen and oxygen atoms in total. The van der Waals surface area contributed by atoms with Crippen LogP contribution in [0.15, 0.2) is 53.5 Å². The van der Waals surface area contributed by atoms with Gasteiger partial charge in [-0.1, -0.05) is 18.2 Å². The van der Waals surface area contributed by atoms with Crippen molar-refractivity contribution in [3.05, 3.63) is 64.8 Å². The minimum atomic E-state index is -3.51. The highest BCUT2D eigenvalue weighted by molar-refractivity contribution is 7.89. The van der Waals surface area contributed by atoms with Crippen LogP contribution >= 0.6 is 0 Å². The number of piperazine rings is 1. The van der Waals surface area contributed by atoms with Crippen LogP contribution in [0.2, 0.25) is 0 Å². The van der Waals surface area contributed by atoms with E-state index in [2.05, 4.69) is 15.3 Å². The SMILES string of the molecule is Cc1nc2ccccc2c(=O)n1CC(=O)NCCS(=O)(=O)N1CCN(c2ccccn2)CC1. The Kier molecular flexibility index (Phi) is 6.70. The summed E-state index contributed by atoms with van der Waals surface area (Å²) in [5, 5.41) is 3.04. The van der Waals surface area contributed by atoms with Gasteiger partial charge in [0.25, 0.3) is 5.56 Å². The topological polar surface area (TPSA) is 117 Å². The number of aromatic nitrogens is 3. The van der Waals surface area contributed by atoms with Crippen LogP contribution in [-0.4, -0.2) is 71.6 Å². The third kappa shape index (κ3) is 5.20. The molecule has 1 amide bonds. The molecular formula is C22H26N6O4S. The summed E-state index contributed by atoms with van der Waals surface area (Å²) in [5.74, 6) is 0.613. The molecule has 0 bridgehead atoms. The van der Waals surface area contributed by atoms with E-state index in [0.29, 0.717) is 42.9 Å². The van der Waals surface area contributed by atoms with Gasteiger partial charge >= 0.3 is 0 Å². The number of sulfonamides is 1. The lowest BCUT2D eigenvalue weighted by molar-refractivity contribution is -0.121. The van der Waals surface area contributed by atoms with Crippen molar-refractivity contribution in [2.75, 3.05) is 43.4 Å². The van der Waals surface area contributed by atoms with Gasteiger partial charge in [0.05, 0.1) is 16.7 Å². The van der Waals surface area contributed by atoms with E-state index in [9.17, 15) is 18.0 Å². The summed E-state index contributed by atoms with van der Waals surface area (Å²) < 4.78 is 28.1. The molecule has 3 aromatic rings. The average molecular weight is 471 g/mol. The molecule has 0 unspecified atom stereocenters. The molecule has 11 heteroatoms. The van der Waals surface area contributed by atoms with Crippen molar-refractivity contribution in [3.8, 4) is 0 Å². The molecule has 33 heavy (non-hydrogen) atoms. The van der Waals surface area contributed by atoms with E-state index in [1.165, 1.54) is 8.87 Å². The number of amides is 1. The third-order valence-electron chi connectivity index (χ3n) is 5.64. The van der Waals surface area contributed by atoms with Gasteiger partial charge in [-0.05, 0) is 31.2 Å². The number of nitrogens with one attached hydrogen (secondary N) is 1. The van der Waals surface area contributed by atoms with E-state index < -0.39 is 15.9 Å². The zero-order chi connectivity index (χ0) is 23.4. The predicted octanol–water partition coefficient (Wildman–Crippen LogP) is 0.368. The Morgan fingerprint density at radius 2 is 1.79 bits per heavy atom. The highest BCUT2D eigenvalue weighted by Crippen LogP contribution is 2.14. The lowest BCUT2D eigenvalue weighted by atomic mass is 10.2. The zero-order valence-electron chi connectivity index (χ0n) is 18.3. The molecule has 0 radical (unpaired) electrons. The maximum atomic E-state index is 12.7. The van der Waals surface area contributed by atoms with Gasteiger partial charge in [-0.25, -0.2) is 18.4 Å². The summed E-state index contributed by atoms with van der Waals surface area (Å²) in [7, 11) is -3.51. The van der Waals surface area contributed by atoms with Gasteiger partial charge in [-0.15, -0.1) is 0 Å². The Balaban J connectivity index is 1.30. The van der Waals surface area contributed by atoms with Crippen LogP contribution in [0.1, 0.15) is 5.82 Å². The molecule has 1 N–H and O–H groups in total. The normalized spacial score (nSPS) is 15.0. The standard InChI is InChI=1S/C22H26N6O4S/c1-17-25-19-7-3-2-6-18(19)22(30)28(17)16-21(29)24-10-15-33(31,32)27-13-11-26(12-14-27)20-8-4-5-9-23-20/h2-9H,10-16H2,1H3,(H,24,29). The first-order valence-corrected chi connectivity index (χ1v) is 12.3. The lowest BCUT2D eigenvalue weighted by Gasteiger charge is -2.34. The third-order valence-corrected chi connectivity index (χ3v) is 7.51. The van der Waals surface area contributed by atoms with E-state index in [0.717, 1.165) is 5.82 Å². The fourth-order valence-electron chi connectivity index (χ4n) is 3.85. The molecule has 1 aliphatic heterocycles. The number of aryl methyl sites for hydroxylation is 1. The van der Waals surface area contributed by atoms with Gasteiger partial charge in [-0.2, -0.15) is 4.31 Å². The van der Waals surface area contributed by atoms with E-state index >= 15 is 0 Å². The van der Waals surface area contributed by atoms with Gasteiger partial charge in [0.2, 0.25) is 15.9 Å². The second-order valence-electron chi connectivity index (χ2n) is 7.81. The van der Waals surface area contributed by atoms with Crippen molar-refractivity contribution in [1.29, 1.82) is 0 Å². The first-order chi connectivity index (χ1) is 15.8. The second-order valence-corrected chi connectivity index (χ2v) is 9.90. The molecule has 1 fully saturated rings. The Bertz CT molecular complexity index is 1300. The van der Waals surface area contributed by atoms with E-state index in [4.69, 9.17) is 0 Å². The molecule has 4 rings (SSSR count). The number of rotatable bonds is 7. The number of para-hydroxylation sites is 1. The number of hydrogen-bond acceptors (Lipinski definition) is 7. The van der Waals surface area contributed by atoms with Crippen LogP contribution in [0.3, 0.4) is 0 Å². The molecule has 0 aliphatic carbocycles. The number of pyridine rings is 1. The number of carbonyl (C=O) groups excluding carboxylic acids is 1. The van der Waals surface area contributed by atoms with Crippen molar-refractivity contribution in [1.82, 2.24) is 24.2 Å². The summed E-state index contributed by atoms with van der Waals surface area (Å²) in [6.45, 7) is 3.26. The summed E-state index contributed by atoms with van der Waals surface area (Å²) in [6.07, 6.45) is 1.71. The quantitative estimate of drug-likeness (QED) is 0.530. The van der Waals surface area contributed by atoms with Crippen molar-refractivity contribution in [2.45, 2.75) is 13.5 Å². The van der Waals surface area contributed by atoms with Crippen LogP contribution in [0, 0.1) is 6.92 Å². The van der Waals surface area contributed by atoms with Crippen molar-refractivity contribution in [2.24, 2.45) is 0 Å². The smallest absolute Gasteiger partial charge is 0.261 e. The number of fused-ring (bicyclic) bond motifs is 1. The summed E-state index contributed by atoms with van der Waals surface area (Å²) in [4.78, 5) is 35.8. The lowest BCUT2D eigenvalue weighted by Crippen LogP contribution is -2.50. The minimum Gasteiger partial charge on any atom is -0.354 e. The molecule has 3 heterocycles. The van der Waals surface area contributed by atoms with E-state index in [1.807, 2.05) is 23.1 Å². The second kappa shape index (κ2) is 9.67. The maximum absolute atomic E-state index is 12.7. The van der Waals surface area contributed by atoms with Crippen molar-refractivity contribution < 1.29 is 13.2 Å². The number of hydrogen-bond donors (Lipinski definition) is 1. The van der Waals surface area contributed by atoms with Gasteiger partial charge in [0.15, 0.2) is 0 Å². The van der Waals surface area contributed by atoms with Crippen molar-refractivity contribution in [3.63, 3.8) is 0 Å². The zero-order valence-corrected chi connectivity index (χ0v) is 19.2. The highest BCUT2D eigenvalue weighted by Gasteiger charge is 2.27. The Labute approximate surface area is 191 Å². The minimum absolute atomic E-state index is 0.0313. The van der Waals surface area contributed by atoms with Gasteiger partial charge < -0.3 is 10.2 Å². The Morgan fingerprint density at radius 3 is 2.52 bits per heavy atom. The Morgan fingerprint density at radius 1 is 1.06 bits per heavy atom. The fraction of sp³-hybridized carbons (Fsp3) is 0.364. The number of anilines is 1. The number of carbonyl (C=O) groups is 1. The highest BCUT2D eigenvalue weighted by atomic mass is 32.2. The maximum Gasteiger partial charge on any atom is 0.261 e. The summed E-state index contributed by atoms with van der Waals surface area (Å²) >= 11 is 0. The van der Waals surface area contributed by atoms with Gasteiger partial charge in [-0.3, -0.25) is 14.2 Å². The average Bonchev–Trinajstić information content (AvgIpc) is 2.82. The molecule has 0 spiro atoms. The molecule has 174 valence electrons. The first-order valence-electron chi connectivity index (χ1n) is 10.7. The molecule has 1 aliphatic rings. The van der Waals surface area contributed by atoms with Gasteiger partial charge in [0.1, 0.15) is 18.2 Å². The van der Waals surface area contributed by atoms with Gasteiger partial charge in [0, 0.05) is 38.9 Å².